The summed E-state index contributed by atoms with van der Waals surface area (Å²) in [5, 5.41) is 5.46. The third kappa shape index (κ3) is 6.82. The number of guanidine groups is 1. The van der Waals surface area contributed by atoms with Crippen LogP contribution in [-0.4, -0.2) is 63.3 Å². The highest BCUT2D eigenvalue weighted by Crippen LogP contribution is 2.20. The molecule has 1 rings (SSSR count). The first-order chi connectivity index (χ1) is 10.1. The predicted octanol–water partition coefficient (Wildman–Crippen LogP) is 0.918. The van der Waals surface area contributed by atoms with Crippen LogP contribution in [0.15, 0.2) is 4.99 Å². The molecule has 10 heteroatoms. The summed E-state index contributed by atoms with van der Waals surface area (Å²) in [5.74, 6) is 0.270. The second-order valence-corrected chi connectivity index (χ2v) is 7.12. The van der Waals surface area contributed by atoms with Crippen molar-refractivity contribution in [1.82, 2.24) is 14.9 Å². The number of nitrogens with zero attached hydrogens (tertiary/aromatic N) is 2. The lowest BCUT2D eigenvalue weighted by atomic mass is 10.2. The number of halogens is 3. The van der Waals surface area contributed by atoms with Crippen LogP contribution >= 0.6 is 0 Å². The van der Waals surface area contributed by atoms with E-state index in [1.54, 1.807) is 6.92 Å². The summed E-state index contributed by atoms with van der Waals surface area (Å²) in [6.07, 6.45) is -2.54. The van der Waals surface area contributed by atoms with Crippen molar-refractivity contribution in [2.24, 2.45) is 4.99 Å². The lowest BCUT2D eigenvalue weighted by Crippen LogP contribution is -2.41. The maximum absolute atomic E-state index is 12.1. The first-order valence-corrected chi connectivity index (χ1v) is 9.04. The van der Waals surface area contributed by atoms with Crippen molar-refractivity contribution in [2.75, 3.05) is 32.4 Å². The smallest absolute Gasteiger partial charge is 0.357 e. The first kappa shape index (κ1) is 19.0. The number of rotatable bonds is 6. The molecule has 1 saturated heterocycles. The minimum atomic E-state index is -4.22. The third-order valence-corrected chi connectivity index (χ3v) is 4.59. The molecular weight excluding hydrogens is 321 g/mol. The fraction of sp³-hybridized carbons (Fsp3) is 0.917. The fourth-order valence-corrected chi connectivity index (χ4v) is 3.46. The molecule has 0 aromatic carbocycles. The number of hydrogen-bond donors (Lipinski definition) is 2. The number of alkyl halides is 3. The maximum atomic E-state index is 12.1. The molecule has 1 aliphatic heterocycles. The monoisotopic (exact) mass is 344 g/mol. The Balaban J connectivity index is 2.58. The molecule has 130 valence electrons. The fourth-order valence-electron chi connectivity index (χ4n) is 2.29. The van der Waals surface area contributed by atoms with Crippen molar-refractivity contribution >= 4 is 16.0 Å². The van der Waals surface area contributed by atoms with Crippen LogP contribution in [0.2, 0.25) is 0 Å². The molecule has 0 amide bonds. The van der Waals surface area contributed by atoms with Gasteiger partial charge in [0, 0.05) is 25.7 Å². The second kappa shape index (κ2) is 8.00. The van der Waals surface area contributed by atoms with Crippen LogP contribution in [-0.2, 0) is 10.0 Å². The van der Waals surface area contributed by atoms with Gasteiger partial charge in [-0.1, -0.05) is 0 Å². The van der Waals surface area contributed by atoms with Crippen molar-refractivity contribution in [2.45, 2.75) is 38.4 Å². The second-order valence-electron chi connectivity index (χ2n) is 5.18. The van der Waals surface area contributed by atoms with Crippen molar-refractivity contribution in [3.05, 3.63) is 0 Å². The van der Waals surface area contributed by atoms with Gasteiger partial charge in [-0.15, -0.1) is 0 Å². The molecule has 22 heavy (non-hydrogen) atoms. The number of aliphatic imine (C=N–C) groups is 1. The summed E-state index contributed by atoms with van der Waals surface area (Å²) >= 11 is 0. The molecule has 0 unspecified atom stereocenters. The average Bonchev–Trinajstić information content (AvgIpc) is 2.82. The molecule has 0 radical (unpaired) electrons. The van der Waals surface area contributed by atoms with Gasteiger partial charge in [-0.25, -0.2) is 8.42 Å². The quantitative estimate of drug-likeness (QED) is 0.555. The Morgan fingerprint density at radius 1 is 1.36 bits per heavy atom. The van der Waals surface area contributed by atoms with E-state index in [0.717, 1.165) is 12.7 Å². The molecule has 2 N–H and O–H groups in total. The number of sulfonamides is 1. The van der Waals surface area contributed by atoms with Crippen LogP contribution in [0.4, 0.5) is 13.2 Å². The van der Waals surface area contributed by atoms with E-state index in [1.807, 2.05) is 0 Å². The summed E-state index contributed by atoms with van der Waals surface area (Å²) < 4.78 is 61.0. The zero-order valence-electron chi connectivity index (χ0n) is 12.8. The van der Waals surface area contributed by atoms with Gasteiger partial charge in [0.15, 0.2) is 5.96 Å². The lowest BCUT2D eigenvalue weighted by molar-refractivity contribution is -0.132. The van der Waals surface area contributed by atoms with Crippen LogP contribution in [0, 0.1) is 0 Å². The SMILES string of the molecule is CCNC(=NC[C@H]1CCCN1S(C)(=O)=O)NCCC(F)(F)F. The Bertz CT molecular complexity index is 479. The molecule has 0 bridgehead atoms. The van der Waals surface area contributed by atoms with Crippen molar-refractivity contribution in [3.8, 4) is 0 Å². The third-order valence-electron chi connectivity index (χ3n) is 3.25. The van der Waals surface area contributed by atoms with Crippen molar-refractivity contribution in [1.29, 1.82) is 0 Å². The van der Waals surface area contributed by atoms with E-state index in [1.165, 1.54) is 4.31 Å². The minimum Gasteiger partial charge on any atom is -0.357 e. The van der Waals surface area contributed by atoms with Crippen molar-refractivity contribution in [3.63, 3.8) is 0 Å². The zero-order valence-corrected chi connectivity index (χ0v) is 13.6. The summed E-state index contributed by atoms with van der Waals surface area (Å²) in [5.41, 5.74) is 0. The molecule has 0 aliphatic carbocycles. The highest BCUT2D eigenvalue weighted by atomic mass is 32.2. The van der Waals surface area contributed by atoms with Gasteiger partial charge in [-0.2, -0.15) is 17.5 Å². The molecule has 0 aromatic rings. The van der Waals surface area contributed by atoms with Crippen molar-refractivity contribution < 1.29 is 21.6 Å². The number of nitrogens with one attached hydrogen (secondary N) is 2. The van der Waals surface area contributed by atoms with E-state index in [-0.39, 0.29) is 25.1 Å². The summed E-state index contributed by atoms with van der Waals surface area (Å²) in [6.45, 7) is 2.75. The Labute approximate surface area is 129 Å². The largest absolute Gasteiger partial charge is 0.390 e. The van der Waals surface area contributed by atoms with Crippen LogP contribution in [0.3, 0.4) is 0 Å². The minimum absolute atomic E-state index is 0.229. The average molecular weight is 344 g/mol. The van der Waals surface area contributed by atoms with Gasteiger partial charge >= 0.3 is 6.18 Å². The van der Waals surface area contributed by atoms with E-state index in [0.29, 0.717) is 19.5 Å². The molecule has 1 fully saturated rings. The van der Waals surface area contributed by atoms with Gasteiger partial charge in [0.1, 0.15) is 0 Å². The van der Waals surface area contributed by atoms with E-state index >= 15 is 0 Å². The van der Waals surface area contributed by atoms with E-state index in [9.17, 15) is 21.6 Å². The normalized spacial score (nSPS) is 21.1. The molecule has 0 aromatic heterocycles. The predicted molar refractivity (Wildman–Crippen MR) is 79.2 cm³/mol. The Morgan fingerprint density at radius 2 is 2.05 bits per heavy atom. The van der Waals surface area contributed by atoms with E-state index < -0.39 is 22.6 Å². The summed E-state index contributed by atoms with van der Waals surface area (Å²) in [6, 6.07) is -0.229. The molecular formula is C12H23F3N4O2S. The molecule has 6 nitrogen and oxygen atoms in total. The molecule has 0 saturated carbocycles. The van der Waals surface area contributed by atoms with Gasteiger partial charge in [0.25, 0.3) is 0 Å². The molecule has 1 aliphatic rings. The van der Waals surface area contributed by atoms with Gasteiger partial charge in [-0.3, -0.25) is 4.99 Å². The highest BCUT2D eigenvalue weighted by Gasteiger charge is 2.31. The van der Waals surface area contributed by atoms with E-state index in [2.05, 4.69) is 15.6 Å². The van der Waals surface area contributed by atoms with E-state index in [4.69, 9.17) is 0 Å². The lowest BCUT2D eigenvalue weighted by Gasteiger charge is -2.21. The molecule has 0 spiro atoms. The topological polar surface area (TPSA) is 73.8 Å². The maximum Gasteiger partial charge on any atom is 0.390 e. The Kier molecular flexibility index (Phi) is 6.92. The van der Waals surface area contributed by atoms with Gasteiger partial charge in [0.2, 0.25) is 10.0 Å². The van der Waals surface area contributed by atoms with Crippen LogP contribution < -0.4 is 10.6 Å². The highest BCUT2D eigenvalue weighted by molar-refractivity contribution is 7.88. The Morgan fingerprint density at radius 3 is 2.59 bits per heavy atom. The summed E-state index contributed by atoms with van der Waals surface area (Å²) in [4.78, 5) is 4.20. The standard InChI is InChI=1S/C12H23F3N4O2S/c1-3-16-11(17-7-6-12(13,14)15)18-9-10-5-4-8-19(10)22(2,20)21/h10H,3-9H2,1-2H3,(H2,16,17,18)/t10-/m1/s1. The van der Waals surface area contributed by atoms with Crippen LogP contribution in [0.1, 0.15) is 26.2 Å². The van der Waals surface area contributed by atoms with Crippen LogP contribution in [0.5, 0.6) is 0 Å². The molecule has 1 atom stereocenters. The Hall–Kier alpha value is -1.03. The van der Waals surface area contributed by atoms with Gasteiger partial charge in [0.05, 0.1) is 19.2 Å². The number of hydrogen-bond acceptors (Lipinski definition) is 3. The zero-order chi connectivity index (χ0) is 16.8. The first-order valence-electron chi connectivity index (χ1n) is 7.19. The molecule has 1 heterocycles. The van der Waals surface area contributed by atoms with Gasteiger partial charge < -0.3 is 10.6 Å². The summed E-state index contributed by atoms with van der Waals surface area (Å²) in [7, 11) is -3.27. The van der Waals surface area contributed by atoms with Crippen LogP contribution in [0.25, 0.3) is 0 Å². The van der Waals surface area contributed by atoms with Gasteiger partial charge in [-0.05, 0) is 19.8 Å².